The van der Waals surface area contributed by atoms with E-state index in [1.165, 1.54) is 0 Å². The predicted molar refractivity (Wildman–Crippen MR) is 52.5 cm³/mol. The van der Waals surface area contributed by atoms with Crippen LogP contribution in [0.5, 0.6) is 0 Å². The van der Waals surface area contributed by atoms with Crippen molar-refractivity contribution in [1.29, 1.82) is 0 Å². The van der Waals surface area contributed by atoms with Crippen LogP contribution in [-0.2, 0) is 4.79 Å². The molecule has 0 aromatic carbocycles. The molecule has 1 fully saturated rings. The lowest BCUT2D eigenvalue weighted by Crippen LogP contribution is -2.20. The molecule has 0 amide bonds. The van der Waals surface area contributed by atoms with Crippen molar-refractivity contribution in [2.24, 2.45) is 10.8 Å². The Morgan fingerprint density at radius 2 is 2.00 bits per heavy atom. The number of hydrogen-bond donors (Lipinski definition) is 1. The van der Waals surface area contributed by atoms with Crippen LogP contribution in [0.4, 0.5) is 0 Å². The molecule has 0 heterocycles. The van der Waals surface area contributed by atoms with E-state index in [-0.39, 0.29) is 16.6 Å². The Morgan fingerprint density at radius 1 is 1.46 bits per heavy atom. The molecule has 0 bridgehead atoms. The summed E-state index contributed by atoms with van der Waals surface area (Å²) in [5, 5.41) is 9.02. The minimum Gasteiger partial charge on any atom is -0.515 e. The van der Waals surface area contributed by atoms with E-state index in [2.05, 4.69) is 0 Å². The quantitative estimate of drug-likeness (QED) is 0.500. The van der Waals surface area contributed by atoms with Gasteiger partial charge in [0.25, 0.3) is 0 Å². The predicted octanol–water partition coefficient (Wildman–Crippen LogP) is 2.84. The van der Waals surface area contributed by atoms with Gasteiger partial charge in [0.2, 0.25) is 0 Å². The summed E-state index contributed by atoms with van der Waals surface area (Å²) in [7, 11) is 0. The first-order valence-electron chi connectivity index (χ1n) is 4.77. The molecule has 2 nitrogen and oxygen atoms in total. The molecular formula is C11H18O2. The summed E-state index contributed by atoms with van der Waals surface area (Å²) in [6, 6.07) is 0. The fourth-order valence-electron chi connectivity index (χ4n) is 2.30. The third-order valence-electron chi connectivity index (χ3n) is 3.26. The van der Waals surface area contributed by atoms with E-state index in [4.69, 9.17) is 5.11 Å². The SMILES string of the molecule is CCC1(C)CC(C)(C)/C(=C\O)C1=O. The molecule has 74 valence electrons. The van der Waals surface area contributed by atoms with Crippen molar-refractivity contribution in [3.63, 3.8) is 0 Å². The fourth-order valence-corrected chi connectivity index (χ4v) is 2.30. The van der Waals surface area contributed by atoms with Gasteiger partial charge in [-0.1, -0.05) is 27.7 Å². The van der Waals surface area contributed by atoms with Crippen molar-refractivity contribution < 1.29 is 9.90 Å². The highest BCUT2D eigenvalue weighted by Gasteiger charge is 2.49. The van der Waals surface area contributed by atoms with E-state index in [9.17, 15) is 4.79 Å². The molecule has 1 N–H and O–H groups in total. The first-order chi connectivity index (χ1) is 5.87. The molecule has 0 radical (unpaired) electrons. The highest BCUT2D eigenvalue weighted by molar-refractivity contribution is 6.03. The van der Waals surface area contributed by atoms with Crippen molar-refractivity contribution in [1.82, 2.24) is 0 Å². The molecule has 1 aliphatic rings. The zero-order valence-corrected chi connectivity index (χ0v) is 8.85. The molecule has 1 saturated carbocycles. The van der Waals surface area contributed by atoms with Gasteiger partial charge in [-0.05, 0) is 18.3 Å². The van der Waals surface area contributed by atoms with Gasteiger partial charge in [-0.15, -0.1) is 0 Å². The lowest BCUT2D eigenvalue weighted by molar-refractivity contribution is -0.122. The molecule has 0 saturated heterocycles. The van der Waals surface area contributed by atoms with Crippen LogP contribution < -0.4 is 0 Å². The highest BCUT2D eigenvalue weighted by Crippen LogP contribution is 2.51. The van der Waals surface area contributed by atoms with Gasteiger partial charge in [0.1, 0.15) is 0 Å². The third-order valence-corrected chi connectivity index (χ3v) is 3.26. The summed E-state index contributed by atoms with van der Waals surface area (Å²) < 4.78 is 0. The minimum absolute atomic E-state index is 0.113. The van der Waals surface area contributed by atoms with E-state index < -0.39 is 0 Å². The number of rotatable bonds is 1. The van der Waals surface area contributed by atoms with Crippen molar-refractivity contribution in [3.05, 3.63) is 11.8 Å². The van der Waals surface area contributed by atoms with Crippen molar-refractivity contribution in [3.8, 4) is 0 Å². The number of Topliss-reactive ketones (excluding diaryl/α,β-unsaturated/α-hetero) is 1. The molecule has 0 aromatic heterocycles. The van der Waals surface area contributed by atoms with Crippen LogP contribution in [-0.4, -0.2) is 10.9 Å². The first-order valence-corrected chi connectivity index (χ1v) is 4.77. The Morgan fingerprint density at radius 3 is 2.23 bits per heavy atom. The average molecular weight is 182 g/mol. The molecule has 2 heteroatoms. The molecule has 0 spiro atoms. The Balaban J connectivity index is 3.13. The number of allylic oxidation sites excluding steroid dienone is 1. The average Bonchev–Trinajstić information content (AvgIpc) is 2.20. The maximum absolute atomic E-state index is 11.9. The van der Waals surface area contributed by atoms with Crippen LogP contribution in [0.3, 0.4) is 0 Å². The van der Waals surface area contributed by atoms with Gasteiger partial charge < -0.3 is 5.11 Å². The number of ketones is 1. The number of carbonyl (C=O) groups excluding carboxylic acids is 1. The van der Waals surface area contributed by atoms with Gasteiger partial charge in [-0.2, -0.15) is 0 Å². The lowest BCUT2D eigenvalue weighted by Gasteiger charge is -2.22. The highest BCUT2D eigenvalue weighted by atomic mass is 16.2. The number of aliphatic hydroxyl groups is 1. The van der Waals surface area contributed by atoms with Crippen molar-refractivity contribution in [2.75, 3.05) is 0 Å². The van der Waals surface area contributed by atoms with Crippen molar-refractivity contribution >= 4 is 5.78 Å². The molecule has 1 unspecified atom stereocenters. The van der Waals surface area contributed by atoms with Gasteiger partial charge >= 0.3 is 0 Å². The van der Waals surface area contributed by atoms with Crippen LogP contribution in [0.1, 0.15) is 40.5 Å². The zero-order valence-electron chi connectivity index (χ0n) is 8.85. The number of aliphatic hydroxyl groups excluding tert-OH is 1. The standard InChI is InChI=1S/C11H18O2/c1-5-11(4)7-10(2,3)8(6-12)9(11)13/h6,12H,5,7H2,1-4H3/b8-6-. The number of hydrogen-bond acceptors (Lipinski definition) is 2. The van der Waals surface area contributed by atoms with E-state index in [1.54, 1.807) is 0 Å². The smallest absolute Gasteiger partial charge is 0.168 e. The number of carbonyl (C=O) groups is 1. The van der Waals surface area contributed by atoms with Crippen LogP contribution in [0, 0.1) is 10.8 Å². The van der Waals surface area contributed by atoms with E-state index in [1.807, 2.05) is 27.7 Å². The summed E-state index contributed by atoms with van der Waals surface area (Å²) in [5.41, 5.74) is 0.145. The largest absolute Gasteiger partial charge is 0.515 e. The van der Waals surface area contributed by atoms with E-state index in [0.29, 0.717) is 5.57 Å². The molecule has 1 aliphatic carbocycles. The second kappa shape index (κ2) is 2.86. The molecule has 0 aliphatic heterocycles. The topological polar surface area (TPSA) is 37.3 Å². The molecule has 1 atom stereocenters. The lowest BCUT2D eigenvalue weighted by atomic mass is 9.81. The summed E-state index contributed by atoms with van der Waals surface area (Å²) in [6.07, 6.45) is 2.66. The summed E-state index contributed by atoms with van der Waals surface area (Å²) in [5.74, 6) is 0.113. The van der Waals surface area contributed by atoms with Gasteiger partial charge in [-0.25, -0.2) is 0 Å². The Hall–Kier alpha value is -0.790. The Kier molecular flexibility index (Phi) is 2.27. The van der Waals surface area contributed by atoms with Gasteiger partial charge in [-0.3, -0.25) is 4.79 Å². The van der Waals surface area contributed by atoms with Crippen molar-refractivity contribution in [2.45, 2.75) is 40.5 Å². The molecule has 1 rings (SSSR count). The molecule has 13 heavy (non-hydrogen) atoms. The Bertz CT molecular complexity index is 263. The van der Waals surface area contributed by atoms with Gasteiger partial charge in [0.15, 0.2) is 5.78 Å². The summed E-state index contributed by atoms with van der Waals surface area (Å²) in [6.45, 7) is 8.02. The summed E-state index contributed by atoms with van der Waals surface area (Å²) >= 11 is 0. The minimum atomic E-state index is -0.266. The third kappa shape index (κ3) is 1.38. The van der Waals surface area contributed by atoms with Gasteiger partial charge in [0, 0.05) is 11.0 Å². The van der Waals surface area contributed by atoms with E-state index >= 15 is 0 Å². The molecule has 0 aromatic rings. The maximum Gasteiger partial charge on any atom is 0.168 e. The second-order valence-electron chi connectivity index (χ2n) is 4.85. The normalized spacial score (nSPS) is 35.7. The molecular weight excluding hydrogens is 164 g/mol. The second-order valence-corrected chi connectivity index (χ2v) is 4.85. The van der Waals surface area contributed by atoms with Crippen LogP contribution in [0.2, 0.25) is 0 Å². The fraction of sp³-hybridized carbons (Fsp3) is 0.727. The zero-order chi connectivity index (χ0) is 10.3. The maximum atomic E-state index is 11.9. The van der Waals surface area contributed by atoms with Crippen LogP contribution in [0.25, 0.3) is 0 Å². The van der Waals surface area contributed by atoms with E-state index in [0.717, 1.165) is 19.1 Å². The monoisotopic (exact) mass is 182 g/mol. The summed E-state index contributed by atoms with van der Waals surface area (Å²) in [4.78, 5) is 11.9. The first kappa shape index (κ1) is 10.3. The van der Waals surface area contributed by atoms with Crippen LogP contribution >= 0.6 is 0 Å². The van der Waals surface area contributed by atoms with Crippen LogP contribution in [0.15, 0.2) is 11.8 Å². The Labute approximate surface area is 79.6 Å². The van der Waals surface area contributed by atoms with Gasteiger partial charge in [0.05, 0.1) is 6.26 Å².